The Morgan fingerprint density at radius 3 is 3.00 bits per heavy atom. The minimum atomic E-state index is -1.16. The van der Waals surface area contributed by atoms with Gasteiger partial charge in [0.15, 0.2) is 5.69 Å². The van der Waals surface area contributed by atoms with Gasteiger partial charge in [-0.1, -0.05) is 6.42 Å². The average Bonchev–Trinajstić information content (AvgIpc) is 2.29. The summed E-state index contributed by atoms with van der Waals surface area (Å²) in [4.78, 5) is 28.7. The Morgan fingerprint density at radius 1 is 1.56 bits per heavy atom. The van der Waals surface area contributed by atoms with Gasteiger partial charge >= 0.3 is 5.97 Å². The number of aromatic nitrogens is 2. The van der Waals surface area contributed by atoms with Gasteiger partial charge in [-0.15, -0.1) is 0 Å². The van der Waals surface area contributed by atoms with E-state index in [1.165, 1.54) is 6.42 Å². The average molecular weight is 240 g/mol. The van der Waals surface area contributed by atoms with Crippen LogP contribution >= 0.6 is 11.8 Å². The molecule has 1 aromatic rings. The Bertz CT molecular complexity index is 452. The third-order valence-electron chi connectivity index (χ3n) is 2.46. The number of nitrogens with one attached hydrogen (secondary N) is 1. The number of thioether (sulfide) groups is 1. The zero-order valence-electron chi connectivity index (χ0n) is 8.60. The lowest BCUT2D eigenvalue weighted by Crippen LogP contribution is -2.18. The van der Waals surface area contributed by atoms with Crippen LogP contribution < -0.4 is 5.56 Å². The van der Waals surface area contributed by atoms with E-state index in [1.54, 1.807) is 11.8 Å². The molecule has 86 valence electrons. The molecule has 0 amide bonds. The first-order valence-electron chi connectivity index (χ1n) is 5.13. The van der Waals surface area contributed by atoms with Gasteiger partial charge in [0.1, 0.15) is 5.82 Å². The molecule has 1 unspecified atom stereocenters. The van der Waals surface area contributed by atoms with E-state index in [2.05, 4.69) is 9.97 Å². The SMILES string of the molecule is O=C(O)c1cc(=O)[nH]c(C2CCCCS2)n1. The molecule has 1 aliphatic rings. The second-order valence-electron chi connectivity index (χ2n) is 3.68. The third-order valence-corrected chi connectivity index (χ3v) is 3.85. The van der Waals surface area contributed by atoms with E-state index in [0.717, 1.165) is 24.7 Å². The van der Waals surface area contributed by atoms with Gasteiger partial charge in [0.05, 0.1) is 5.25 Å². The summed E-state index contributed by atoms with van der Waals surface area (Å²) in [6.45, 7) is 0. The quantitative estimate of drug-likeness (QED) is 0.817. The molecular formula is C10H12N2O3S. The van der Waals surface area contributed by atoms with Crippen molar-refractivity contribution in [3.63, 3.8) is 0 Å². The number of aromatic carboxylic acids is 1. The van der Waals surface area contributed by atoms with Gasteiger partial charge in [0.25, 0.3) is 5.56 Å². The second-order valence-corrected chi connectivity index (χ2v) is 4.99. The van der Waals surface area contributed by atoms with Crippen LogP contribution in [-0.4, -0.2) is 26.8 Å². The van der Waals surface area contributed by atoms with Gasteiger partial charge in [-0.25, -0.2) is 9.78 Å². The second kappa shape index (κ2) is 4.69. The van der Waals surface area contributed by atoms with Crippen LogP contribution in [0.25, 0.3) is 0 Å². The van der Waals surface area contributed by atoms with Crippen molar-refractivity contribution < 1.29 is 9.90 Å². The Labute approximate surface area is 96.3 Å². The highest BCUT2D eigenvalue weighted by atomic mass is 32.2. The highest BCUT2D eigenvalue weighted by Gasteiger charge is 2.20. The van der Waals surface area contributed by atoms with Gasteiger partial charge in [-0.2, -0.15) is 11.8 Å². The molecule has 2 heterocycles. The molecule has 1 saturated heterocycles. The van der Waals surface area contributed by atoms with Crippen LogP contribution in [0.4, 0.5) is 0 Å². The fourth-order valence-corrected chi connectivity index (χ4v) is 2.95. The van der Waals surface area contributed by atoms with Crippen molar-refractivity contribution in [3.8, 4) is 0 Å². The van der Waals surface area contributed by atoms with Crippen LogP contribution in [0.1, 0.15) is 40.8 Å². The summed E-state index contributed by atoms with van der Waals surface area (Å²) in [5, 5.41) is 8.94. The van der Waals surface area contributed by atoms with E-state index in [-0.39, 0.29) is 10.9 Å². The van der Waals surface area contributed by atoms with E-state index in [4.69, 9.17) is 5.11 Å². The zero-order chi connectivity index (χ0) is 11.5. The van der Waals surface area contributed by atoms with Gasteiger partial charge in [-0.3, -0.25) is 4.79 Å². The monoisotopic (exact) mass is 240 g/mol. The van der Waals surface area contributed by atoms with E-state index >= 15 is 0 Å². The first-order chi connectivity index (χ1) is 7.66. The molecule has 0 radical (unpaired) electrons. The molecule has 5 nitrogen and oxygen atoms in total. The number of carbonyl (C=O) groups is 1. The summed E-state index contributed by atoms with van der Waals surface area (Å²) in [6, 6.07) is 1.01. The molecule has 1 aromatic heterocycles. The van der Waals surface area contributed by atoms with Crippen molar-refractivity contribution >= 4 is 17.7 Å². The molecule has 6 heteroatoms. The van der Waals surface area contributed by atoms with Crippen molar-refractivity contribution in [1.29, 1.82) is 0 Å². The van der Waals surface area contributed by atoms with Gasteiger partial charge < -0.3 is 10.1 Å². The van der Waals surface area contributed by atoms with E-state index in [1.807, 2.05) is 0 Å². The van der Waals surface area contributed by atoms with E-state index in [0.29, 0.717) is 5.82 Å². The van der Waals surface area contributed by atoms with Crippen molar-refractivity contribution in [2.75, 3.05) is 5.75 Å². The topological polar surface area (TPSA) is 83.0 Å². The molecule has 0 bridgehead atoms. The maximum absolute atomic E-state index is 11.3. The molecule has 0 aliphatic carbocycles. The number of rotatable bonds is 2. The van der Waals surface area contributed by atoms with Gasteiger partial charge in [-0.05, 0) is 18.6 Å². The molecule has 0 spiro atoms. The first-order valence-corrected chi connectivity index (χ1v) is 6.18. The smallest absolute Gasteiger partial charge is 0.354 e. The standard InChI is InChI=1S/C10H12N2O3S/c13-8-5-6(10(14)15)11-9(12-8)7-3-1-2-4-16-7/h5,7H,1-4H2,(H,14,15)(H,11,12,13). The Kier molecular flexibility index (Phi) is 3.28. The van der Waals surface area contributed by atoms with Crippen LogP contribution in [0.5, 0.6) is 0 Å². The van der Waals surface area contributed by atoms with Crippen molar-refractivity contribution in [3.05, 3.63) is 27.9 Å². The van der Waals surface area contributed by atoms with Gasteiger partial charge in [0.2, 0.25) is 0 Å². The fourth-order valence-electron chi connectivity index (χ4n) is 1.69. The molecule has 1 aliphatic heterocycles. The van der Waals surface area contributed by atoms with Crippen molar-refractivity contribution in [2.45, 2.75) is 24.5 Å². The molecule has 16 heavy (non-hydrogen) atoms. The number of H-pyrrole nitrogens is 1. The highest BCUT2D eigenvalue weighted by molar-refractivity contribution is 7.99. The van der Waals surface area contributed by atoms with Crippen LogP contribution in [0.3, 0.4) is 0 Å². The Morgan fingerprint density at radius 2 is 2.38 bits per heavy atom. The number of hydrogen-bond donors (Lipinski definition) is 2. The minimum Gasteiger partial charge on any atom is -0.477 e. The number of nitrogens with zero attached hydrogens (tertiary/aromatic N) is 1. The lowest BCUT2D eigenvalue weighted by atomic mass is 10.2. The van der Waals surface area contributed by atoms with Crippen LogP contribution in [0, 0.1) is 0 Å². The molecule has 0 saturated carbocycles. The van der Waals surface area contributed by atoms with Crippen molar-refractivity contribution in [1.82, 2.24) is 9.97 Å². The predicted molar refractivity (Wildman–Crippen MR) is 60.9 cm³/mol. The third kappa shape index (κ3) is 2.44. The summed E-state index contributed by atoms with van der Waals surface area (Å²) < 4.78 is 0. The maximum atomic E-state index is 11.3. The number of hydrogen-bond acceptors (Lipinski definition) is 4. The zero-order valence-corrected chi connectivity index (χ0v) is 9.42. The lowest BCUT2D eigenvalue weighted by Gasteiger charge is -2.20. The Balaban J connectivity index is 2.32. The van der Waals surface area contributed by atoms with Crippen LogP contribution in [0.15, 0.2) is 10.9 Å². The Hall–Kier alpha value is -1.30. The summed E-state index contributed by atoms with van der Waals surface area (Å²) >= 11 is 1.72. The first kappa shape index (κ1) is 11.2. The van der Waals surface area contributed by atoms with Crippen molar-refractivity contribution in [2.24, 2.45) is 0 Å². The number of carboxylic acid groups (broad SMARTS) is 1. The minimum absolute atomic E-state index is 0.126. The molecule has 0 aromatic carbocycles. The number of carboxylic acids is 1. The molecule has 2 rings (SSSR count). The molecule has 2 N–H and O–H groups in total. The van der Waals surface area contributed by atoms with E-state index < -0.39 is 11.5 Å². The summed E-state index contributed by atoms with van der Waals surface area (Å²) in [7, 11) is 0. The molecule has 1 fully saturated rings. The number of aromatic amines is 1. The fraction of sp³-hybridized carbons (Fsp3) is 0.500. The summed E-state index contributed by atoms with van der Waals surface area (Å²) in [5.41, 5.74) is -0.571. The maximum Gasteiger partial charge on any atom is 0.354 e. The largest absolute Gasteiger partial charge is 0.477 e. The normalized spacial score (nSPS) is 20.6. The van der Waals surface area contributed by atoms with Gasteiger partial charge in [0, 0.05) is 6.07 Å². The molecule has 1 atom stereocenters. The summed E-state index contributed by atoms with van der Waals surface area (Å²) in [6.07, 6.45) is 3.21. The van der Waals surface area contributed by atoms with Crippen LogP contribution in [-0.2, 0) is 0 Å². The van der Waals surface area contributed by atoms with Crippen LogP contribution in [0.2, 0.25) is 0 Å². The summed E-state index contributed by atoms with van der Waals surface area (Å²) in [5.74, 6) is 0.369. The highest BCUT2D eigenvalue weighted by Crippen LogP contribution is 2.35. The van der Waals surface area contributed by atoms with E-state index in [9.17, 15) is 9.59 Å². The molecular weight excluding hydrogens is 228 g/mol. The lowest BCUT2D eigenvalue weighted by molar-refractivity contribution is 0.0689. The predicted octanol–water partition coefficient (Wildman–Crippen LogP) is 1.43.